The number of hydrogen-bond donors (Lipinski definition) is 1. The first-order valence-electron chi connectivity index (χ1n) is 16.9. The molecule has 4 aromatic rings. The minimum atomic E-state index is -0.374. The number of nitrogens with one attached hydrogen (secondary N) is 1. The number of esters is 1. The third kappa shape index (κ3) is 5.82. The Balaban J connectivity index is 1.07. The molecule has 2 saturated heterocycles. The monoisotopic (exact) mass is 667 g/mol. The fourth-order valence-electron chi connectivity index (χ4n) is 7.82. The minimum absolute atomic E-state index is 0.102. The molecule has 4 aliphatic rings. The molecule has 0 bridgehead atoms. The van der Waals surface area contributed by atoms with Crippen molar-refractivity contribution in [3.05, 3.63) is 82.5 Å². The number of carbonyl (C=O) groups excluding carboxylic acids is 1. The van der Waals surface area contributed by atoms with Crippen molar-refractivity contribution in [3.63, 3.8) is 0 Å². The lowest BCUT2D eigenvalue weighted by Crippen LogP contribution is -2.48. The van der Waals surface area contributed by atoms with E-state index in [-0.39, 0.29) is 18.1 Å². The fourth-order valence-corrected chi connectivity index (χ4v) is 7.94. The van der Waals surface area contributed by atoms with Gasteiger partial charge in [-0.05, 0) is 78.3 Å². The van der Waals surface area contributed by atoms with E-state index in [0.29, 0.717) is 30.1 Å². The molecule has 8 rings (SSSR count). The van der Waals surface area contributed by atoms with E-state index in [2.05, 4.69) is 57.8 Å². The molecule has 1 aliphatic carbocycles. The summed E-state index contributed by atoms with van der Waals surface area (Å²) in [7, 11) is 1.43. The first kappa shape index (κ1) is 31.2. The molecular weight excluding hydrogens is 626 g/mol. The van der Waals surface area contributed by atoms with Gasteiger partial charge >= 0.3 is 5.97 Å². The summed E-state index contributed by atoms with van der Waals surface area (Å²) in [5.41, 5.74) is 8.59. The normalized spacial score (nSPS) is 22.4. The maximum Gasteiger partial charge on any atom is 0.339 e. The van der Waals surface area contributed by atoms with E-state index >= 15 is 0 Å². The largest absolute Gasteiger partial charge is 0.468 e. The predicted molar refractivity (Wildman–Crippen MR) is 190 cm³/mol. The van der Waals surface area contributed by atoms with Crippen molar-refractivity contribution in [1.82, 2.24) is 14.9 Å². The summed E-state index contributed by atoms with van der Waals surface area (Å²) in [6.45, 7) is 10.4. The van der Waals surface area contributed by atoms with Gasteiger partial charge in [0.2, 0.25) is 5.88 Å². The lowest BCUT2D eigenvalue weighted by molar-refractivity contribution is 0.0601. The van der Waals surface area contributed by atoms with Crippen molar-refractivity contribution in [1.29, 1.82) is 0 Å². The standard InChI is InChI=1S/C38H42ClN5O4/c1-38(2)12-10-26(30(20-38)24-4-6-27(39)7-5-24)21-42-14-16-43(17-15-42)28-8-9-29(37(45)46-3)31(19-28)44-32-18-25-11-13-40-35(25)41-36(32)48-34-23-47-22-33(34)44/h4-9,11,13,18-19,33-34H,10,12,14-17,20-23H2,1-3H3,(H,40,41)/t33-,34-/m0/s1. The molecule has 2 aromatic heterocycles. The van der Waals surface area contributed by atoms with E-state index in [9.17, 15) is 4.79 Å². The van der Waals surface area contributed by atoms with Gasteiger partial charge in [0, 0.05) is 55.0 Å². The van der Waals surface area contributed by atoms with Crippen LogP contribution in [0.4, 0.5) is 17.1 Å². The minimum Gasteiger partial charge on any atom is -0.468 e. The van der Waals surface area contributed by atoms with E-state index < -0.39 is 0 Å². The van der Waals surface area contributed by atoms with Crippen LogP contribution in [0.1, 0.15) is 49.0 Å². The fraction of sp³-hybridized carbons (Fsp3) is 0.421. The van der Waals surface area contributed by atoms with Crippen LogP contribution in [0.25, 0.3) is 16.6 Å². The van der Waals surface area contributed by atoms with Gasteiger partial charge in [0.15, 0.2) is 0 Å². The van der Waals surface area contributed by atoms with Crippen LogP contribution in [0.15, 0.2) is 66.4 Å². The highest BCUT2D eigenvalue weighted by atomic mass is 35.5. The molecule has 0 amide bonds. The number of fused-ring (bicyclic) bond motifs is 3. The number of methoxy groups -OCH3 is 1. The van der Waals surface area contributed by atoms with Crippen molar-refractivity contribution in [2.24, 2.45) is 5.41 Å². The summed E-state index contributed by atoms with van der Waals surface area (Å²) in [6.07, 6.45) is 5.09. The molecule has 1 N–H and O–H groups in total. The number of rotatable bonds is 6. The molecule has 0 unspecified atom stereocenters. The van der Waals surface area contributed by atoms with Crippen LogP contribution in [0.3, 0.4) is 0 Å². The molecular formula is C38H42ClN5O4. The first-order chi connectivity index (χ1) is 23.3. The van der Waals surface area contributed by atoms with Gasteiger partial charge in [-0.2, -0.15) is 4.98 Å². The SMILES string of the molecule is COC(=O)c1ccc(N2CCN(CC3=C(c4ccc(Cl)cc4)CC(C)(C)CC3)CC2)cc1N1c2cc3cc[nH]c3nc2O[C@H]2COC[C@@H]21. The third-order valence-corrected chi connectivity index (χ3v) is 10.8. The van der Waals surface area contributed by atoms with Crippen LogP contribution in [0.5, 0.6) is 5.88 Å². The molecule has 0 spiro atoms. The van der Waals surface area contributed by atoms with Crippen LogP contribution >= 0.6 is 11.6 Å². The number of aromatic amines is 1. The predicted octanol–water partition coefficient (Wildman–Crippen LogP) is 7.09. The molecule has 9 nitrogen and oxygen atoms in total. The lowest BCUT2D eigenvalue weighted by atomic mass is 9.72. The number of H-pyrrole nitrogens is 1. The second-order valence-electron chi connectivity index (χ2n) is 14.2. The molecule has 250 valence electrons. The number of piperazine rings is 1. The maximum atomic E-state index is 13.2. The number of aromatic nitrogens is 2. The Morgan fingerprint density at radius 3 is 2.65 bits per heavy atom. The molecule has 48 heavy (non-hydrogen) atoms. The number of allylic oxidation sites excluding steroid dienone is 1. The summed E-state index contributed by atoms with van der Waals surface area (Å²) >= 11 is 6.24. The van der Waals surface area contributed by atoms with Crippen molar-refractivity contribution < 1.29 is 19.0 Å². The van der Waals surface area contributed by atoms with E-state index in [1.54, 1.807) is 5.57 Å². The van der Waals surface area contributed by atoms with Crippen molar-refractivity contribution in [3.8, 4) is 5.88 Å². The number of pyridine rings is 1. The molecule has 3 aliphatic heterocycles. The molecule has 5 heterocycles. The zero-order valence-electron chi connectivity index (χ0n) is 27.8. The van der Waals surface area contributed by atoms with Crippen LogP contribution in [0.2, 0.25) is 5.02 Å². The Morgan fingerprint density at radius 2 is 1.85 bits per heavy atom. The summed E-state index contributed by atoms with van der Waals surface area (Å²) in [6, 6.07) is 18.4. The molecule has 10 heteroatoms. The quantitative estimate of drug-likeness (QED) is 0.218. The number of ether oxygens (including phenoxy) is 3. The zero-order valence-corrected chi connectivity index (χ0v) is 28.6. The highest BCUT2D eigenvalue weighted by Crippen LogP contribution is 2.46. The highest BCUT2D eigenvalue weighted by molar-refractivity contribution is 6.30. The number of benzene rings is 2. The van der Waals surface area contributed by atoms with Crippen LogP contribution < -0.4 is 14.5 Å². The molecule has 0 saturated carbocycles. The average molecular weight is 668 g/mol. The van der Waals surface area contributed by atoms with Gasteiger partial charge in [-0.15, -0.1) is 0 Å². The van der Waals surface area contributed by atoms with Gasteiger partial charge in [0.05, 0.1) is 37.6 Å². The average Bonchev–Trinajstić information content (AvgIpc) is 3.76. The molecule has 0 radical (unpaired) electrons. The second kappa shape index (κ2) is 12.4. The number of hydrogen-bond acceptors (Lipinski definition) is 8. The highest BCUT2D eigenvalue weighted by Gasteiger charge is 2.43. The lowest BCUT2D eigenvalue weighted by Gasteiger charge is -2.41. The summed E-state index contributed by atoms with van der Waals surface area (Å²) < 4.78 is 17.5. The van der Waals surface area contributed by atoms with Gasteiger partial charge < -0.3 is 29.0 Å². The number of nitrogens with zero attached hydrogens (tertiary/aromatic N) is 4. The number of anilines is 3. The van der Waals surface area contributed by atoms with Crippen molar-refractivity contribution >= 4 is 51.2 Å². The third-order valence-electron chi connectivity index (χ3n) is 10.5. The Kier molecular flexibility index (Phi) is 8.09. The zero-order chi connectivity index (χ0) is 33.0. The second-order valence-corrected chi connectivity index (χ2v) is 14.7. The van der Waals surface area contributed by atoms with E-state index in [1.807, 2.05) is 36.5 Å². The Morgan fingerprint density at radius 1 is 1.04 bits per heavy atom. The number of halogens is 1. The van der Waals surface area contributed by atoms with Crippen molar-refractivity contribution in [2.45, 2.75) is 45.3 Å². The van der Waals surface area contributed by atoms with Gasteiger partial charge in [-0.3, -0.25) is 4.90 Å². The van der Waals surface area contributed by atoms with Crippen LogP contribution in [-0.2, 0) is 9.47 Å². The van der Waals surface area contributed by atoms with Gasteiger partial charge in [-0.1, -0.05) is 43.2 Å². The van der Waals surface area contributed by atoms with Gasteiger partial charge in [0.25, 0.3) is 0 Å². The Labute approximate surface area is 286 Å². The molecule has 2 fully saturated rings. The smallest absolute Gasteiger partial charge is 0.339 e. The van der Waals surface area contributed by atoms with E-state index in [1.165, 1.54) is 24.7 Å². The van der Waals surface area contributed by atoms with Gasteiger partial charge in [0.1, 0.15) is 17.4 Å². The summed E-state index contributed by atoms with van der Waals surface area (Å²) in [5.74, 6) is 0.158. The Bertz CT molecular complexity index is 1880. The van der Waals surface area contributed by atoms with Crippen molar-refractivity contribution in [2.75, 3.05) is 62.8 Å². The summed E-state index contributed by atoms with van der Waals surface area (Å²) in [5, 5.41) is 1.75. The van der Waals surface area contributed by atoms with E-state index in [4.69, 9.17) is 30.8 Å². The van der Waals surface area contributed by atoms with Crippen LogP contribution in [0, 0.1) is 5.41 Å². The van der Waals surface area contributed by atoms with E-state index in [0.717, 1.165) is 78.7 Å². The Hall–Kier alpha value is -4.05. The maximum absolute atomic E-state index is 13.2. The van der Waals surface area contributed by atoms with Gasteiger partial charge in [-0.25, -0.2) is 4.79 Å². The number of carbonyl (C=O) groups is 1. The first-order valence-corrected chi connectivity index (χ1v) is 17.3. The topological polar surface area (TPSA) is 83.2 Å². The summed E-state index contributed by atoms with van der Waals surface area (Å²) in [4.78, 5) is 28.4. The molecule has 2 aromatic carbocycles. The molecule has 2 atom stereocenters. The van der Waals surface area contributed by atoms with Crippen LogP contribution in [-0.4, -0.2) is 86.0 Å².